The zero-order chi connectivity index (χ0) is 25.6. The van der Waals surface area contributed by atoms with E-state index >= 15 is 0 Å². The molecule has 0 radical (unpaired) electrons. The second kappa shape index (κ2) is 18.9. The van der Waals surface area contributed by atoms with Crippen LogP contribution in [0.25, 0.3) is 0 Å². The summed E-state index contributed by atoms with van der Waals surface area (Å²) in [6, 6.07) is 0. The molecule has 0 nitrogen and oxygen atoms in total. The number of allylic oxidation sites excluding steroid dienone is 2. The first-order valence-corrected chi connectivity index (χ1v) is 16.7. The molecule has 36 heavy (non-hydrogen) atoms. The van der Waals surface area contributed by atoms with Gasteiger partial charge in [-0.05, 0) is 105 Å². The molecule has 0 aromatic carbocycles. The summed E-state index contributed by atoms with van der Waals surface area (Å²) in [5.74, 6) is 8.97. The molecular formula is C36H70. The first kappa shape index (κ1) is 33.8. The van der Waals surface area contributed by atoms with Gasteiger partial charge in [-0.15, -0.1) is 0 Å². The van der Waals surface area contributed by atoms with Gasteiger partial charge in [0.15, 0.2) is 0 Å². The van der Waals surface area contributed by atoms with Gasteiger partial charge in [-0.2, -0.15) is 0 Å². The summed E-state index contributed by atoms with van der Waals surface area (Å²) in [6.45, 7) is 16.2. The molecule has 0 aliphatic heterocycles. The summed E-state index contributed by atoms with van der Waals surface area (Å²) in [5.41, 5.74) is 0. The van der Waals surface area contributed by atoms with E-state index in [4.69, 9.17) is 0 Å². The van der Waals surface area contributed by atoms with Crippen molar-refractivity contribution < 1.29 is 0 Å². The van der Waals surface area contributed by atoms with Crippen LogP contribution in [-0.2, 0) is 0 Å². The Labute approximate surface area is 230 Å². The van der Waals surface area contributed by atoms with Gasteiger partial charge in [-0.25, -0.2) is 0 Å². The van der Waals surface area contributed by atoms with E-state index in [1.54, 1.807) is 25.7 Å². The molecule has 4 aliphatic carbocycles. The number of hydrogen-bond acceptors (Lipinski definition) is 0. The third-order valence-electron chi connectivity index (χ3n) is 10.7. The highest BCUT2D eigenvalue weighted by Gasteiger charge is 2.38. The molecule has 4 fully saturated rings. The molecule has 0 bridgehead atoms. The fourth-order valence-electron chi connectivity index (χ4n) is 8.09. The van der Waals surface area contributed by atoms with Crippen LogP contribution < -0.4 is 0 Å². The van der Waals surface area contributed by atoms with E-state index in [1.165, 1.54) is 83.5 Å². The largest absolute Gasteiger partial charge is 0.0914 e. The lowest BCUT2D eigenvalue weighted by atomic mass is 9.71. The maximum Gasteiger partial charge on any atom is -0.0203 e. The summed E-state index contributed by atoms with van der Waals surface area (Å²) >= 11 is 0. The van der Waals surface area contributed by atoms with Gasteiger partial charge in [0.2, 0.25) is 0 Å². The maximum absolute atomic E-state index is 2.57. The van der Waals surface area contributed by atoms with E-state index in [2.05, 4.69) is 46.8 Å². The zero-order valence-electron chi connectivity index (χ0n) is 25.4. The van der Waals surface area contributed by atoms with Gasteiger partial charge in [0.1, 0.15) is 0 Å². The minimum absolute atomic E-state index is 0. The molecule has 4 saturated carbocycles. The van der Waals surface area contributed by atoms with Crippen molar-refractivity contribution in [2.75, 3.05) is 0 Å². The molecule has 0 heteroatoms. The highest BCUT2D eigenvalue weighted by molar-refractivity contribution is 4.96. The predicted octanol–water partition coefficient (Wildman–Crippen LogP) is 12.5. The standard InChI is InChI=1S/C29H52.C4H8.C2H6.CH4/c1-6-10-27(11-7-2)29-20-24(16-22(29)5)18-23-14-15-28(19-23)25(8-3)17-21(4)26-12-9-13-26;1-2-4-3-1;1-2;/h6,10,21-29H,7-9,11-20H2,1-5H3;1-4H2;1-2H3;1H4/b10-6-;;;. The summed E-state index contributed by atoms with van der Waals surface area (Å²) in [7, 11) is 0. The Kier molecular flexibility index (Phi) is 17.7. The van der Waals surface area contributed by atoms with Gasteiger partial charge in [0.05, 0.1) is 0 Å². The van der Waals surface area contributed by atoms with Crippen molar-refractivity contribution in [2.24, 2.45) is 53.3 Å². The summed E-state index contributed by atoms with van der Waals surface area (Å²) < 4.78 is 0. The van der Waals surface area contributed by atoms with Crippen LogP contribution in [0, 0.1) is 53.3 Å². The van der Waals surface area contributed by atoms with Gasteiger partial charge in [0.25, 0.3) is 0 Å². The third kappa shape index (κ3) is 10.5. The Morgan fingerprint density at radius 1 is 0.806 bits per heavy atom. The van der Waals surface area contributed by atoms with E-state index in [0.29, 0.717) is 0 Å². The van der Waals surface area contributed by atoms with Crippen molar-refractivity contribution in [2.45, 2.75) is 165 Å². The predicted molar refractivity (Wildman–Crippen MR) is 165 cm³/mol. The van der Waals surface area contributed by atoms with Crippen molar-refractivity contribution in [3.05, 3.63) is 12.2 Å². The Balaban J connectivity index is 0.000000825. The van der Waals surface area contributed by atoms with Gasteiger partial charge >= 0.3 is 0 Å². The van der Waals surface area contributed by atoms with Gasteiger partial charge in [-0.1, -0.05) is 125 Å². The summed E-state index contributed by atoms with van der Waals surface area (Å²) in [5, 5.41) is 0. The van der Waals surface area contributed by atoms with Crippen LogP contribution in [0.1, 0.15) is 165 Å². The Hall–Kier alpha value is -0.260. The Morgan fingerprint density at radius 3 is 1.97 bits per heavy atom. The zero-order valence-corrected chi connectivity index (χ0v) is 25.4. The number of hydrogen-bond donors (Lipinski definition) is 0. The average Bonchev–Trinajstić information content (AvgIpc) is 3.37. The van der Waals surface area contributed by atoms with Crippen LogP contribution in [0.2, 0.25) is 0 Å². The van der Waals surface area contributed by atoms with Crippen LogP contribution in [0.15, 0.2) is 12.2 Å². The van der Waals surface area contributed by atoms with Crippen molar-refractivity contribution in [3.63, 3.8) is 0 Å². The fourth-order valence-corrected chi connectivity index (χ4v) is 8.09. The van der Waals surface area contributed by atoms with Crippen LogP contribution in [-0.4, -0.2) is 0 Å². The lowest BCUT2D eigenvalue weighted by Crippen LogP contribution is -2.24. The van der Waals surface area contributed by atoms with E-state index in [1.807, 2.05) is 13.8 Å². The van der Waals surface area contributed by atoms with Crippen LogP contribution in [0.4, 0.5) is 0 Å². The quantitative estimate of drug-likeness (QED) is 0.246. The molecule has 4 aliphatic rings. The molecule has 0 N–H and O–H groups in total. The minimum Gasteiger partial charge on any atom is -0.0914 e. The van der Waals surface area contributed by atoms with E-state index in [0.717, 1.165) is 53.3 Å². The fraction of sp³-hybridized carbons (Fsp3) is 0.944. The van der Waals surface area contributed by atoms with Crippen LogP contribution in [0.5, 0.6) is 0 Å². The SMILES string of the molecule is C.C/C=C\C(CCC)C1CC(CC2CCC(C(CC)CC(C)C3CCC3)C2)CC1C.C1CCC1.CC. The first-order chi connectivity index (χ1) is 17.0. The molecular weight excluding hydrogens is 432 g/mol. The van der Waals surface area contributed by atoms with Gasteiger partial charge in [-0.3, -0.25) is 0 Å². The first-order valence-electron chi connectivity index (χ1n) is 16.7. The van der Waals surface area contributed by atoms with Crippen molar-refractivity contribution in [1.29, 1.82) is 0 Å². The van der Waals surface area contributed by atoms with Crippen LogP contribution in [0.3, 0.4) is 0 Å². The smallest absolute Gasteiger partial charge is 0.0203 e. The molecule has 8 unspecified atom stereocenters. The van der Waals surface area contributed by atoms with Crippen molar-refractivity contribution in [1.82, 2.24) is 0 Å². The second-order valence-corrected chi connectivity index (χ2v) is 13.1. The summed E-state index contributed by atoms with van der Waals surface area (Å²) in [4.78, 5) is 0. The molecule has 0 amide bonds. The Bertz CT molecular complexity index is 534. The molecule has 8 atom stereocenters. The highest BCUT2D eigenvalue weighted by atomic mass is 14.4. The molecule has 0 spiro atoms. The lowest BCUT2D eigenvalue weighted by Gasteiger charge is -2.35. The molecule has 0 aromatic heterocycles. The lowest BCUT2D eigenvalue weighted by molar-refractivity contribution is 0.162. The molecule has 0 saturated heterocycles. The molecule has 214 valence electrons. The number of rotatable bonds is 11. The van der Waals surface area contributed by atoms with E-state index in [-0.39, 0.29) is 7.43 Å². The average molecular weight is 503 g/mol. The van der Waals surface area contributed by atoms with E-state index in [9.17, 15) is 0 Å². The van der Waals surface area contributed by atoms with Crippen molar-refractivity contribution in [3.8, 4) is 0 Å². The Morgan fingerprint density at radius 2 is 1.47 bits per heavy atom. The van der Waals surface area contributed by atoms with E-state index < -0.39 is 0 Å². The molecule has 0 aromatic rings. The maximum atomic E-state index is 2.57. The molecule has 0 heterocycles. The van der Waals surface area contributed by atoms with Gasteiger partial charge in [0, 0.05) is 0 Å². The monoisotopic (exact) mass is 503 g/mol. The normalized spacial score (nSPS) is 32.1. The third-order valence-corrected chi connectivity index (χ3v) is 10.7. The minimum atomic E-state index is 0. The molecule has 4 rings (SSSR count). The topological polar surface area (TPSA) is 0 Å². The second-order valence-electron chi connectivity index (χ2n) is 13.1. The van der Waals surface area contributed by atoms with Gasteiger partial charge < -0.3 is 0 Å². The highest BCUT2D eigenvalue weighted by Crippen LogP contribution is 2.49. The van der Waals surface area contributed by atoms with Crippen LogP contribution >= 0.6 is 0 Å². The van der Waals surface area contributed by atoms with Crippen molar-refractivity contribution >= 4 is 0 Å². The summed E-state index contributed by atoms with van der Waals surface area (Å²) in [6.07, 6.45) is 30.4.